The van der Waals surface area contributed by atoms with Crippen molar-refractivity contribution in [3.63, 3.8) is 0 Å². The van der Waals surface area contributed by atoms with Gasteiger partial charge in [-0.15, -0.1) is 0 Å². The maximum absolute atomic E-state index is 10.3. The van der Waals surface area contributed by atoms with Crippen molar-refractivity contribution in [3.05, 3.63) is 53.6 Å². The number of aliphatic hydroxyl groups is 4. The predicted octanol–water partition coefficient (Wildman–Crippen LogP) is 1.02. The summed E-state index contributed by atoms with van der Waals surface area (Å²) in [6.07, 6.45) is -5.80. The number of benzene rings is 2. The molecule has 0 bridgehead atoms. The van der Waals surface area contributed by atoms with Crippen molar-refractivity contribution in [1.29, 1.82) is 0 Å². The van der Waals surface area contributed by atoms with Gasteiger partial charge in [0.1, 0.15) is 35.9 Å². The Bertz CT molecular complexity index is 873. The molecule has 2 aliphatic heterocycles. The van der Waals surface area contributed by atoms with Crippen molar-refractivity contribution < 1.29 is 34.6 Å². The Kier molecular flexibility index (Phi) is 6.64. The molecular formula is C23H29NO7. The van der Waals surface area contributed by atoms with E-state index in [1.807, 2.05) is 43.3 Å². The van der Waals surface area contributed by atoms with Crippen molar-refractivity contribution >= 4 is 5.69 Å². The number of nitrogens with one attached hydrogen (secondary N) is 1. The molecule has 0 saturated carbocycles. The highest BCUT2D eigenvalue weighted by Crippen LogP contribution is 2.41. The largest absolute Gasteiger partial charge is 0.494 e. The lowest BCUT2D eigenvalue weighted by Gasteiger charge is -2.39. The van der Waals surface area contributed by atoms with Gasteiger partial charge in [-0.3, -0.25) is 0 Å². The number of hydrogen-bond acceptors (Lipinski definition) is 8. The van der Waals surface area contributed by atoms with Gasteiger partial charge < -0.3 is 40.0 Å². The number of ether oxygens (including phenoxy) is 3. The summed E-state index contributed by atoms with van der Waals surface area (Å²) in [5.41, 5.74) is 3.07. The van der Waals surface area contributed by atoms with E-state index in [0.717, 1.165) is 35.5 Å². The minimum atomic E-state index is -1.48. The third-order valence-electron chi connectivity index (χ3n) is 5.82. The standard InChI is InChI=1S/C23H29NO7/c1-2-29-15-8-6-13(7-9-15)10-14-11-24-16-4-3-5-17(19(14)16)30-23-22(28)21(27)20(26)18(12-25)31-23/h3-9,14,18,20-28H,2,10-12H2,1H3/t14?,18-,20-,21+,22-,23-/m1/s1. The van der Waals surface area contributed by atoms with Gasteiger partial charge in [0, 0.05) is 23.7 Å². The molecule has 8 nitrogen and oxygen atoms in total. The molecule has 2 aromatic rings. The van der Waals surface area contributed by atoms with Crippen LogP contribution >= 0.6 is 0 Å². The van der Waals surface area contributed by atoms with Crippen LogP contribution in [0.2, 0.25) is 0 Å². The summed E-state index contributed by atoms with van der Waals surface area (Å²) in [7, 11) is 0. The van der Waals surface area contributed by atoms with E-state index in [1.54, 1.807) is 6.07 Å². The maximum Gasteiger partial charge on any atom is 0.229 e. The van der Waals surface area contributed by atoms with Gasteiger partial charge in [-0.2, -0.15) is 0 Å². The number of fused-ring (bicyclic) bond motifs is 1. The molecule has 5 N–H and O–H groups in total. The Labute approximate surface area is 181 Å². The van der Waals surface area contributed by atoms with Gasteiger partial charge >= 0.3 is 0 Å². The van der Waals surface area contributed by atoms with E-state index in [9.17, 15) is 20.4 Å². The van der Waals surface area contributed by atoms with Crippen LogP contribution in [0.1, 0.15) is 24.0 Å². The summed E-state index contributed by atoms with van der Waals surface area (Å²) in [5.74, 6) is 1.50. The molecule has 31 heavy (non-hydrogen) atoms. The lowest BCUT2D eigenvalue weighted by atomic mass is 9.93. The van der Waals surface area contributed by atoms with Crippen LogP contribution < -0.4 is 14.8 Å². The Morgan fingerprint density at radius 3 is 2.52 bits per heavy atom. The summed E-state index contributed by atoms with van der Waals surface area (Å²) in [6.45, 7) is 2.81. The van der Waals surface area contributed by atoms with Crippen LogP contribution in [0.15, 0.2) is 42.5 Å². The fraction of sp³-hybridized carbons (Fsp3) is 0.478. The molecule has 1 saturated heterocycles. The maximum atomic E-state index is 10.3. The summed E-state index contributed by atoms with van der Waals surface area (Å²) >= 11 is 0. The molecule has 1 fully saturated rings. The average Bonchev–Trinajstić information content (AvgIpc) is 3.19. The number of anilines is 1. The molecule has 0 aromatic heterocycles. The Morgan fingerprint density at radius 1 is 1.03 bits per heavy atom. The second kappa shape index (κ2) is 9.42. The van der Waals surface area contributed by atoms with E-state index in [-0.39, 0.29) is 5.92 Å². The topological polar surface area (TPSA) is 121 Å². The van der Waals surface area contributed by atoms with E-state index in [4.69, 9.17) is 14.2 Å². The minimum absolute atomic E-state index is 0.133. The highest BCUT2D eigenvalue weighted by atomic mass is 16.7. The van der Waals surface area contributed by atoms with Gasteiger partial charge in [0.25, 0.3) is 0 Å². The van der Waals surface area contributed by atoms with Crippen LogP contribution in [-0.2, 0) is 11.2 Å². The van der Waals surface area contributed by atoms with Crippen molar-refractivity contribution in [3.8, 4) is 11.5 Å². The van der Waals surface area contributed by atoms with Crippen LogP contribution in [0.3, 0.4) is 0 Å². The average molecular weight is 431 g/mol. The number of aliphatic hydroxyl groups excluding tert-OH is 4. The lowest BCUT2D eigenvalue weighted by Crippen LogP contribution is -2.60. The molecule has 0 aliphatic carbocycles. The van der Waals surface area contributed by atoms with Gasteiger partial charge in [-0.1, -0.05) is 18.2 Å². The molecule has 6 atom stereocenters. The molecule has 2 aliphatic rings. The molecule has 2 aromatic carbocycles. The Morgan fingerprint density at radius 2 is 1.81 bits per heavy atom. The molecule has 4 rings (SSSR count). The first-order valence-electron chi connectivity index (χ1n) is 10.6. The second-order valence-corrected chi connectivity index (χ2v) is 7.89. The number of hydrogen-bond donors (Lipinski definition) is 5. The second-order valence-electron chi connectivity index (χ2n) is 7.89. The van der Waals surface area contributed by atoms with E-state index in [0.29, 0.717) is 12.4 Å². The Balaban J connectivity index is 1.53. The third kappa shape index (κ3) is 4.49. The highest BCUT2D eigenvalue weighted by molar-refractivity contribution is 5.63. The quantitative estimate of drug-likeness (QED) is 0.441. The molecular weight excluding hydrogens is 402 g/mol. The van der Waals surface area contributed by atoms with Crippen LogP contribution in [-0.4, -0.2) is 70.9 Å². The first-order chi connectivity index (χ1) is 15.0. The number of rotatable bonds is 7. The summed E-state index contributed by atoms with van der Waals surface area (Å²) < 4.78 is 17.0. The molecule has 8 heteroatoms. The molecule has 1 unspecified atom stereocenters. The van der Waals surface area contributed by atoms with E-state index in [2.05, 4.69) is 5.32 Å². The fourth-order valence-corrected chi connectivity index (χ4v) is 4.19. The smallest absolute Gasteiger partial charge is 0.229 e. The van der Waals surface area contributed by atoms with Crippen LogP contribution in [0, 0.1) is 0 Å². The first-order valence-corrected chi connectivity index (χ1v) is 10.6. The van der Waals surface area contributed by atoms with E-state index in [1.165, 1.54) is 0 Å². The van der Waals surface area contributed by atoms with Crippen molar-refractivity contribution in [2.75, 3.05) is 25.1 Å². The fourth-order valence-electron chi connectivity index (χ4n) is 4.19. The van der Waals surface area contributed by atoms with Gasteiger partial charge in [0.05, 0.1) is 13.2 Å². The molecule has 168 valence electrons. The van der Waals surface area contributed by atoms with E-state index >= 15 is 0 Å². The summed E-state index contributed by atoms with van der Waals surface area (Å²) in [4.78, 5) is 0. The molecule has 0 spiro atoms. The van der Waals surface area contributed by atoms with Gasteiger partial charge in [0.15, 0.2) is 0 Å². The molecule has 0 amide bonds. The SMILES string of the molecule is CCOc1ccc(CC2CNc3cccc(O[C@@H]4O[C@H](CO)[C@@H](O)[C@H](O)[C@H]4O)c32)cc1. The molecule has 0 radical (unpaired) electrons. The zero-order valence-electron chi connectivity index (χ0n) is 17.3. The normalized spacial score (nSPS) is 29.8. The van der Waals surface area contributed by atoms with Gasteiger partial charge in [0.2, 0.25) is 6.29 Å². The van der Waals surface area contributed by atoms with Gasteiger partial charge in [-0.25, -0.2) is 0 Å². The first kappa shape index (κ1) is 21.9. The lowest BCUT2D eigenvalue weighted by molar-refractivity contribution is -0.277. The van der Waals surface area contributed by atoms with Crippen LogP contribution in [0.4, 0.5) is 5.69 Å². The van der Waals surface area contributed by atoms with E-state index < -0.39 is 37.3 Å². The molecule has 2 heterocycles. The van der Waals surface area contributed by atoms with Crippen molar-refractivity contribution in [2.24, 2.45) is 0 Å². The predicted molar refractivity (Wildman–Crippen MR) is 113 cm³/mol. The van der Waals surface area contributed by atoms with Crippen LogP contribution in [0.25, 0.3) is 0 Å². The zero-order chi connectivity index (χ0) is 22.0. The summed E-state index contributed by atoms with van der Waals surface area (Å²) in [6, 6.07) is 13.6. The van der Waals surface area contributed by atoms with Gasteiger partial charge in [-0.05, 0) is 43.2 Å². The van der Waals surface area contributed by atoms with Crippen molar-refractivity contribution in [1.82, 2.24) is 0 Å². The summed E-state index contributed by atoms with van der Waals surface area (Å²) in [5, 5.41) is 43.2. The monoisotopic (exact) mass is 431 g/mol. The third-order valence-corrected chi connectivity index (χ3v) is 5.82. The highest BCUT2D eigenvalue weighted by Gasteiger charge is 2.45. The Hall–Kier alpha value is -2.36. The van der Waals surface area contributed by atoms with Crippen molar-refractivity contribution in [2.45, 2.75) is 50.0 Å². The minimum Gasteiger partial charge on any atom is -0.494 e. The van der Waals surface area contributed by atoms with Crippen LogP contribution in [0.5, 0.6) is 11.5 Å². The zero-order valence-corrected chi connectivity index (χ0v) is 17.3.